The van der Waals surface area contributed by atoms with Crippen molar-refractivity contribution in [2.75, 3.05) is 0 Å². The van der Waals surface area contributed by atoms with Crippen LogP contribution in [0.3, 0.4) is 0 Å². The third-order valence-electron chi connectivity index (χ3n) is 3.24. The van der Waals surface area contributed by atoms with Crippen LogP contribution >= 0.6 is 0 Å². The molecule has 0 aromatic heterocycles. The predicted octanol–water partition coefficient (Wildman–Crippen LogP) is 6.04. The largest absolute Gasteiger partial charge is 0.303 e. The number of nitrogens with zero attached hydrogens (tertiary/aromatic N) is 1. The van der Waals surface area contributed by atoms with E-state index >= 15 is 0 Å². The normalized spacial score (nSPS) is 13.5. The van der Waals surface area contributed by atoms with Gasteiger partial charge >= 0.3 is 0 Å². The number of nitro groups is 1. The highest BCUT2D eigenvalue weighted by molar-refractivity contribution is 5.49. The van der Waals surface area contributed by atoms with Crippen LogP contribution in [0.15, 0.2) is 84.7 Å². The summed E-state index contributed by atoms with van der Waals surface area (Å²) in [5.74, 6) is 0. The summed E-state index contributed by atoms with van der Waals surface area (Å²) < 4.78 is 0. The first kappa shape index (κ1) is 23.2. The molecule has 4 nitrogen and oxygen atoms in total. The number of hydrogen-bond acceptors (Lipinski definition) is 3. The number of rotatable bonds is 14. The summed E-state index contributed by atoms with van der Waals surface area (Å²) in [4.78, 5) is 20.4. The van der Waals surface area contributed by atoms with Gasteiger partial charge in [0.05, 0.1) is 4.92 Å². The van der Waals surface area contributed by atoms with Gasteiger partial charge in [0.1, 0.15) is 6.29 Å². The molecule has 0 bridgehead atoms. The quantitative estimate of drug-likeness (QED) is 0.0952. The van der Waals surface area contributed by atoms with Crippen molar-refractivity contribution in [3.63, 3.8) is 0 Å². The minimum Gasteiger partial charge on any atom is -0.303 e. The van der Waals surface area contributed by atoms with Gasteiger partial charge < -0.3 is 4.79 Å². The first-order valence-electron chi connectivity index (χ1n) is 8.94. The molecule has 0 aliphatic rings. The van der Waals surface area contributed by atoms with E-state index in [2.05, 4.69) is 12.2 Å². The third-order valence-corrected chi connectivity index (χ3v) is 3.24. The molecular weight excluding hydrogens is 326 g/mol. The van der Waals surface area contributed by atoms with Crippen molar-refractivity contribution in [1.82, 2.24) is 0 Å². The van der Waals surface area contributed by atoms with E-state index < -0.39 is 0 Å². The van der Waals surface area contributed by atoms with Crippen molar-refractivity contribution in [3.05, 3.63) is 94.8 Å². The van der Waals surface area contributed by atoms with E-state index in [1.54, 1.807) is 13.0 Å². The van der Waals surface area contributed by atoms with Crippen molar-refractivity contribution < 1.29 is 9.72 Å². The lowest BCUT2D eigenvalue weighted by molar-refractivity contribution is -0.427. The lowest BCUT2D eigenvalue weighted by Gasteiger charge is -1.91. The third kappa shape index (κ3) is 16.1. The molecule has 0 aromatic rings. The summed E-state index contributed by atoms with van der Waals surface area (Å²) in [5, 5.41) is 10.6. The van der Waals surface area contributed by atoms with Crippen LogP contribution in [-0.4, -0.2) is 11.2 Å². The van der Waals surface area contributed by atoms with Gasteiger partial charge in [0, 0.05) is 12.8 Å². The van der Waals surface area contributed by atoms with Crippen LogP contribution in [-0.2, 0) is 4.79 Å². The van der Waals surface area contributed by atoms with Crippen molar-refractivity contribution in [2.45, 2.75) is 45.4 Å². The highest BCUT2D eigenvalue weighted by Crippen LogP contribution is 2.03. The fourth-order valence-corrected chi connectivity index (χ4v) is 1.85. The van der Waals surface area contributed by atoms with Crippen LogP contribution in [0.4, 0.5) is 0 Å². The molecule has 0 saturated carbocycles. The molecular formula is C22H29NO3. The minimum atomic E-state index is -0.325. The molecule has 0 aliphatic carbocycles. The molecule has 0 saturated heterocycles. The maximum atomic E-state index is 10.6. The Hall–Kier alpha value is -2.75. The zero-order valence-electron chi connectivity index (χ0n) is 15.5. The molecule has 0 fully saturated rings. The van der Waals surface area contributed by atoms with E-state index in [1.165, 1.54) is 0 Å². The van der Waals surface area contributed by atoms with Gasteiger partial charge in [-0.1, -0.05) is 79.8 Å². The standard InChI is InChI=1S/C22H29NO3/c1-2-22(23(25)26)20-18-16-14-12-10-8-6-4-3-5-7-9-11-13-15-17-19-21-24/h3-10,13-16,20-21H,2,11-12,17-19H2,1H3/b5-3-,6-4-,9-7-,10-8-,15-13-,16-14-,22-20+. The summed E-state index contributed by atoms with van der Waals surface area (Å²) >= 11 is 0. The van der Waals surface area contributed by atoms with Crippen LogP contribution < -0.4 is 0 Å². The molecule has 0 unspecified atom stereocenters. The predicted molar refractivity (Wildman–Crippen MR) is 109 cm³/mol. The number of unbranched alkanes of at least 4 members (excludes halogenated alkanes) is 1. The lowest BCUT2D eigenvalue weighted by atomic mass is 10.2. The van der Waals surface area contributed by atoms with Gasteiger partial charge in [-0.3, -0.25) is 10.1 Å². The van der Waals surface area contributed by atoms with Crippen LogP contribution in [0.1, 0.15) is 45.4 Å². The number of aldehydes is 1. The molecule has 0 aliphatic heterocycles. The summed E-state index contributed by atoms with van der Waals surface area (Å²) in [6.45, 7) is 1.78. The van der Waals surface area contributed by atoms with Gasteiger partial charge in [0.25, 0.3) is 0 Å². The van der Waals surface area contributed by atoms with E-state index in [-0.39, 0.29) is 10.6 Å². The first-order chi connectivity index (χ1) is 12.7. The Labute approximate surface area is 156 Å². The minimum absolute atomic E-state index is 0.267. The molecule has 0 amide bonds. The Morgan fingerprint density at radius 3 is 1.85 bits per heavy atom. The van der Waals surface area contributed by atoms with Crippen LogP contribution in [0.2, 0.25) is 0 Å². The highest BCUT2D eigenvalue weighted by atomic mass is 16.6. The molecule has 0 atom stereocenters. The fraction of sp³-hybridized carbons (Fsp3) is 0.318. The Bertz CT molecular complexity index is 591. The van der Waals surface area contributed by atoms with E-state index in [0.717, 1.165) is 25.5 Å². The molecule has 0 rings (SSSR count). The van der Waals surface area contributed by atoms with Gasteiger partial charge in [-0.2, -0.15) is 0 Å². The Kier molecular flexibility index (Phi) is 16.6. The molecule has 0 radical (unpaired) electrons. The van der Waals surface area contributed by atoms with E-state index in [4.69, 9.17) is 0 Å². The van der Waals surface area contributed by atoms with Crippen molar-refractivity contribution in [2.24, 2.45) is 0 Å². The second kappa shape index (κ2) is 18.6. The Morgan fingerprint density at radius 1 is 0.769 bits per heavy atom. The summed E-state index contributed by atoms with van der Waals surface area (Å²) in [7, 11) is 0. The summed E-state index contributed by atoms with van der Waals surface area (Å²) in [6.07, 6.45) is 30.6. The molecule has 0 spiro atoms. The van der Waals surface area contributed by atoms with Crippen LogP contribution in [0.5, 0.6) is 0 Å². The monoisotopic (exact) mass is 355 g/mol. The number of allylic oxidation sites excluding steroid dienone is 14. The summed E-state index contributed by atoms with van der Waals surface area (Å²) in [6, 6.07) is 0. The maximum absolute atomic E-state index is 10.6. The molecule has 26 heavy (non-hydrogen) atoms. The van der Waals surface area contributed by atoms with Gasteiger partial charge in [-0.05, 0) is 31.8 Å². The van der Waals surface area contributed by atoms with Crippen molar-refractivity contribution in [3.8, 4) is 0 Å². The molecule has 0 aromatic carbocycles. The van der Waals surface area contributed by atoms with Crippen molar-refractivity contribution >= 4 is 6.29 Å². The summed E-state index contributed by atoms with van der Waals surface area (Å²) in [5.41, 5.74) is 0.267. The van der Waals surface area contributed by atoms with Crippen LogP contribution in [0, 0.1) is 10.1 Å². The van der Waals surface area contributed by atoms with E-state index in [0.29, 0.717) is 19.3 Å². The lowest BCUT2D eigenvalue weighted by Crippen LogP contribution is -1.96. The zero-order valence-corrected chi connectivity index (χ0v) is 15.5. The fourth-order valence-electron chi connectivity index (χ4n) is 1.85. The SMILES string of the molecule is CC/C(=C\C/C=C\C\C=C/C=C\C=C/C=C\C/C=C\CCC=O)[N+](=O)[O-]. The van der Waals surface area contributed by atoms with Crippen LogP contribution in [0.25, 0.3) is 0 Å². The number of carbonyl (C=O) groups excluding carboxylic acids is 1. The Morgan fingerprint density at radius 2 is 1.31 bits per heavy atom. The Balaban J connectivity index is 3.84. The number of carbonyl (C=O) groups is 1. The average molecular weight is 355 g/mol. The van der Waals surface area contributed by atoms with Gasteiger partial charge in [0.2, 0.25) is 5.70 Å². The van der Waals surface area contributed by atoms with Gasteiger partial charge in [-0.25, -0.2) is 0 Å². The maximum Gasteiger partial charge on any atom is 0.242 e. The zero-order chi connectivity index (χ0) is 19.3. The molecule has 0 N–H and O–H groups in total. The highest BCUT2D eigenvalue weighted by Gasteiger charge is 2.03. The van der Waals surface area contributed by atoms with Crippen molar-refractivity contribution in [1.29, 1.82) is 0 Å². The second-order valence-electron chi connectivity index (χ2n) is 5.33. The molecule has 0 heterocycles. The topological polar surface area (TPSA) is 60.2 Å². The molecule has 4 heteroatoms. The van der Waals surface area contributed by atoms with E-state index in [1.807, 2.05) is 60.8 Å². The second-order valence-corrected chi connectivity index (χ2v) is 5.33. The molecule has 140 valence electrons. The smallest absolute Gasteiger partial charge is 0.242 e. The van der Waals surface area contributed by atoms with Gasteiger partial charge in [0.15, 0.2) is 0 Å². The van der Waals surface area contributed by atoms with E-state index in [9.17, 15) is 14.9 Å². The number of hydrogen-bond donors (Lipinski definition) is 0. The van der Waals surface area contributed by atoms with Gasteiger partial charge in [-0.15, -0.1) is 0 Å². The first-order valence-corrected chi connectivity index (χ1v) is 8.94. The average Bonchev–Trinajstić information content (AvgIpc) is 2.63.